The van der Waals surface area contributed by atoms with Crippen molar-refractivity contribution in [3.8, 4) is 0 Å². The summed E-state index contributed by atoms with van der Waals surface area (Å²) in [5.41, 5.74) is -1.77. The maximum absolute atomic E-state index is 14.1. The van der Waals surface area contributed by atoms with E-state index in [0.29, 0.717) is 0 Å². The van der Waals surface area contributed by atoms with Crippen molar-refractivity contribution in [2.45, 2.75) is 38.8 Å². The number of nitrogens with one attached hydrogen (secondary N) is 1. The highest BCUT2D eigenvalue weighted by molar-refractivity contribution is 5.73. The smallest absolute Gasteiger partial charge is 0.263 e. The molecule has 1 aromatic carbocycles. The van der Waals surface area contributed by atoms with E-state index in [0.717, 1.165) is 0 Å². The molecule has 124 valence electrons. The van der Waals surface area contributed by atoms with Crippen LogP contribution in [0.4, 0.5) is 4.39 Å². The quantitative estimate of drug-likeness (QED) is 0.915. The van der Waals surface area contributed by atoms with Crippen molar-refractivity contribution in [1.82, 2.24) is 15.5 Å². The molecule has 0 saturated carbocycles. The number of ether oxygens (including phenoxy) is 1. The molecule has 1 amide bonds. The van der Waals surface area contributed by atoms with Crippen molar-refractivity contribution in [2.24, 2.45) is 0 Å². The summed E-state index contributed by atoms with van der Waals surface area (Å²) in [5, 5.41) is 6.64. The SMILES string of the molecule is COC(C)(c1nc(C(C)(C)NC(C)=O)no1)c1ccccc1F. The highest BCUT2D eigenvalue weighted by Gasteiger charge is 2.39. The molecule has 2 aromatic rings. The van der Waals surface area contributed by atoms with Crippen molar-refractivity contribution in [1.29, 1.82) is 0 Å². The number of aromatic nitrogens is 2. The van der Waals surface area contributed by atoms with Crippen LogP contribution in [0.2, 0.25) is 0 Å². The van der Waals surface area contributed by atoms with E-state index < -0.39 is 17.0 Å². The zero-order valence-corrected chi connectivity index (χ0v) is 13.8. The first-order valence-electron chi connectivity index (χ1n) is 7.14. The number of nitrogens with zero attached hydrogens (tertiary/aromatic N) is 2. The summed E-state index contributed by atoms with van der Waals surface area (Å²) in [6.45, 7) is 6.54. The van der Waals surface area contributed by atoms with Gasteiger partial charge in [-0.1, -0.05) is 23.4 Å². The zero-order valence-electron chi connectivity index (χ0n) is 13.8. The number of benzene rings is 1. The second-order valence-corrected chi connectivity index (χ2v) is 5.95. The molecular formula is C16H20FN3O3. The summed E-state index contributed by atoms with van der Waals surface area (Å²) >= 11 is 0. The molecular weight excluding hydrogens is 301 g/mol. The normalized spacial score (nSPS) is 14.3. The maximum Gasteiger partial charge on any atom is 0.263 e. The lowest BCUT2D eigenvalue weighted by atomic mass is 9.95. The lowest BCUT2D eigenvalue weighted by Gasteiger charge is -2.25. The number of halogens is 1. The van der Waals surface area contributed by atoms with E-state index in [4.69, 9.17) is 9.26 Å². The second kappa shape index (κ2) is 6.08. The molecule has 1 aromatic heterocycles. The van der Waals surface area contributed by atoms with Gasteiger partial charge in [-0.05, 0) is 26.8 Å². The number of methoxy groups -OCH3 is 1. The Morgan fingerprint density at radius 2 is 1.96 bits per heavy atom. The average Bonchev–Trinajstić information content (AvgIpc) is 2.97. The zero-order chi connectivity index (χ0) is 17.3. The monoisotopic (exact) mass is 321 g/mol. The highest BCUT2D eigenvalue weighted by Crippen LogP contribution is 2.34. The molecule has 23 heavy (non-hydrogen) atoms. The first kappa shape index (κ1) is 17.1. The number of hydrogen-bond acceptors (Lipinski definition) is 5. The van der Waals surface area contributed by atoms with E-state index >= 15 is 0 Å². The topological polar surface area (TPSA) is 77.2 Å². The number of amides is 1. The summed E-state index contributed by atoms with van der Waals surface area (Å²) in [6.07, 6.45) is 0. The molecule has 0 bridgehead atoms. The van der Waals surface area contributed by atoms with Crippen molar-refractivity contribution in [3.63, 3.8) is 0 Å². The van der Waals surface area contributed by atoms with Gasteiger partial charge in [0.1, 0.15) is 5.82 Å². The Morgan fingerprint density at radius 1 is 1.30 bits per heavy atom. The molecule has 1 atom stereocenters. The van der Waals surface area contributed by atoms with Crippen LogP contribution in [0.1, 0.15) is 45.0 Å². The largest absolute Gasteiger partial charge is 0.364 e. The Kier molecular flexibility index (Phi) is 4.51. The molecule has 2 rings (SSSR count). The highest BCUT2D eigenvalue weighted by atomic mass is 19.1. The van der Waals surface area contributed by atoms with E-state index in [1.165, 1.54) is 20.1 Å². The van der Waals surface area contributed by atoms with Gasteiger partial charge in [0.2, 0.25) is 5.91 Å². The molecule has 1 heterocycles. The van der Waals surface area contributed by atoms with Gasteiger partial charge in [0, 0.05) is 19.6 Å². The molecule has 1 unspecified atom stereocenters. The number of carbonyl (C=O) groups is 1. The molecule has 0 aliphatic rings. The van der Waals surface area contributed by atoms with E-state index in [1.807, 2.05) is 0 Å². The molecule has 0 aliphatic heterocycles. The van der Waals surface area contributed by atoms with Crippen molar-refractivity contribution in [3.05, 3.63) is 47.4 Å². The van der Waals surface area contributed by atoms with Crippen LogP contribution in [0.3, 0.4) is 0 Å². The summed E-state index contributed by atoms with van der Waals surface area (Å²) in [7, 11) is 1.44. The average molecular weight is 321 g/mol. The van der Waals surface area contributed by atoms with E-state index in [2.05, 4.69) is 15.5 Å². The van der Waals surface area contributed by atoms with Crippen molar-refractivity contribution in [2.75, 3.05) is 7.11 Å². The maximum atomic E-state index is 14.1. The predicted molar refractivity (Wildman–Crippen MR) is 81.0 cm³/mol. The predicted octanol–water partition coefficient (Wildman–Crippen LogP) is 2.49. The van der Waals surface area contributed by atoms with E-state index in [1.54, 1.807) is 39.0 Å². The number of rotatable bonds is 5. The van der Waals surface area contributed by atoms with Gasteiger partial charge < -0.3 is 14.6 Å². The minimum absolute atomic E-state index is 0.110. The Labute approximate surface area is 134 Å². The van der Waals surface area contributed by atoms with Crippen LogP contribution in [0, 0.1) is 5.82 Å². The molecule has 0 radical (unpaired) electrons. The minimum atomic E-state index is -1.23. The van der Waals surface area contributed by atoms with Crippen LogP contribution in [-0.2, 0) is 20.7 Å². The lowest BCUT2D eigenvalue weighted by molar-refractivity contribution is -0.120. The summed E-state index contributed by atoms with van der Waals surface area (Å²) in [5.74, 6) is -0.261. The summed E-state index contributed by atoms with van der Waals surface area (Å²) in [4.78, 5) is 15.6. The van der Waals surface area contributed by atoms with Gasteiger partial charge in [0.25, 0.3) is 5.89 Å². The third-order valence-electron chi connectivity index (χ3n) is 3.68. The second-order valence-electron chi connectivity index (χ2n) is 5.95. The van der Waals surface area contributed by atoms with E-state index in [9.17, 15) is 9.18 Å². The first-order valence-corrected chi connectivity index (χ1v) is 7.14. The Bertz CT molecular complexity index is 714. The van der Waals surface area contributed by atoms with Gasteiger partial charge in [0.05, 0.1) is 5.54 Å². The molecule has 0 aliphatic carbocycles. The van der Waals surface area contributed by atoms with Gasteiger partial charge in [0.15, 0.2) is 11.4 Å². The van der Waals surface area contributed by atoms with Crippen LogP contribution in [0.15, 0.2) is 28.8 Å². The minimum Gasteiger partial charge on any atom is -0.364 e. The Hall–Kier alpha value is -2.28. The standard InChI is InChI=1S/C16H20FN3O3/c1-10(21)19-15(2,3)13-18-14(23-20-13)16(4,22-5)11-8-6-7-9-12(11)17/h6-9H,1-5H3,(H,19,21). The molecule has 0 saturated heterocycles. The van der Waals surface area contributed by atoms with Crippen LogP contribution < -0.4 is 5.32 Å². The third-order valence-corrected chi connectivity index (χ3v) is 3.68. The third kappa shape index (κ3) is 3.24. The Morgan fingerprint density at radius 3 is 2.52 bits per heavy atom. The van der Waals surface area contributed by atoms with Crippen molar-refractivity contribution < 1.29 is 18.4 Å². The van der Waals surface area contributed by atoms with Crippen LogP contribution in [0.5, 0.6) is 0 Å². The summed E-state index contributed by atoms with van der Waals surface area (Å²) in [6, 6.07) is 6.23. The van der Waals surface area contributed by atoms with Gasteiger partial charge in [-0.25, -0.2) is 4.39 Å². The Balaban J connectivity index is 2.45. The van der Waals surface area contributed by atoms with Gasteiger partial charge in [-0.3, -0.25) is 4.79 Å². The fraction of sp³-hybridized carbons (Fsp3) is 0.438. The fourth-order valence-electron chi connectivity index (χ4n) is 2.33. The molecule has 0 fully saturated rings. The number of hydrogen-bond donors (Lipinski definition) is 1. The lowest BCUT2D eigenvalue weighted by Crippen LogP contribution is -2.40. The summed E-state index contributed by atoms with van der Waals surface area (Å²) < 4.78 is 24.9. The number of carbonyl (C=O) groups excluding carboxylic acids is 1. The molecule has 7 heteroatoms. The molecule has 1 N–H and O–H groups in total. The van der Waals surface area contributed by atoms with E-state index in [-0.39, 0.29) is 23.2 Å². The molecule has 0 spiro atoms. The first-order chi connectivity index (χ1) is 10.7. The van der Waals surface area contributed by atoms with Crippen molar-refractivity contribution >= 4 is 5.91 Å². The van der Waals surface area contributed by atoms with Crippen LogP contribution in [-0.4, -0.2) is 23.2 Å². The van der Waals surface area contributed by atoms with Crippen LogP contribution in [0.25, 0.3) is 0 Å². The van der Waals surface area contributed by atoms with Gasteiger partial charge >= 0.3 is 0 Å². The van der Waals surface area contributed by atoms with Gasteiger partial charge in [-0.2, -0.15) is 4.98 Å². The fourth-order valence-corrected chi connectivity index (χ4v) is 2.33. The van der Waals surface area contributed by atoms with Gasteiger partial charge in [-0.15, -0.1) is 0 Å². The van der Waals surface area contributed by atoms with Crippen LogP contribution >= 0.6 is 0 Å². The molecule has 6 nitrogen and oxygen atoms in total.